The average molecular weight is 214 g/mol. The number of methoxy groups -OCH3 is 1. The summed E-state index contributed by atoms with van der Waals surface area (Å²) in [6.07, 6.45) is 3.03. The van der Waals surface area contributed by atoms with Gasteiger partial charge in [0.05, 0.1) is 13.2 Å². The van der Waals surface area contributed by atoms with Crippen LogP contribution in [0, 0.1) is 0 Å². The summed E-state index contributed by atoms with van der Waals surface area (Å²) in [5.74, 6) is -0.415. The molecule has 1 fully saturated rings. The van der Waals surface area contributed by atoms with E-state index in [1.165, 1.54) is 12.0 Å². The van der Waals surface area contributed by atoms with Crippen molar-refractivity contribution >= 4 is 11.9 Å². The van der Waals surface area contributed by atoms with E-state index in [9.17, 15) is 9.59 Å². The minimum Gasteiger partial charge on any atom is -0.468 e. The first kappa shape index (κ1) is 12.0. The summed E-state index contributed by atoms with van der Waals surface area (Å²) < 4.78 is 4.51. The van der Waals surface area contributed by atoms with Gasteiger partial charge in [0.2, 0.25) is 5.91 Å². The summed E-state index contributed by atoms with van der Waals surface area (Å²) in [6.45, 7) is 0.899. The SMILES string of the molecule is COC(=O)CN(C)C(=O)C1CCCCN1. The summed E-state index contributed by atoms with van der Waals surface area (Å²) >= 11 is 0. The lowest BCUT2D eigenvalue weighted by Crippen LogP contribution is -2.48. The Labute approximate surface area is 89.8 Å². The van der Waals surface area contributed by atoms with Gasteiger partial charge in [0.1, 0.15) is 6.54 Å². The van der Waals surface area contributed by atoms with Crippen molar-refractivity contribution in [2.75, 3.05) is 27.2 Å². The Balaban J connectivity index is 2.40. The molecule has 5 heteroatoms. The highest BCUT2D eigenvalue weighted by Gasteiger charge is 2.24. The second-order valence-corrected chi connectivity index (χ2v) is 3.77. The van der Waals surface area contributed by atoms with Gasteiger partial charge in [-0.2, -0.15) is 0 Å². The van der Waals surface area contributed by atoms with Gasteiger partial charge in [-0.15, -0.1) is 0 Å². The molecule has 1 N–H and O–H groups in total. The van der Waals surface area contributed by atoms with Crippen molar-refractivity contribution < 1.29 is 14.3 Å². The van der Waals surface area contributed by atoms with Gasteiger partial charge in [0, 0.05) is 7.05 Å². The van der Waals surface area contributed by atoms with Crippen LogP contribution in [0.4, 0.5) is 0 Å². The zero-order valence-electron chi connectivity index (χ0n) is 9.28. The lowest BCUT2D eigenvalue weighted by Gasteiger charge is -2.26. The highest BCUT2D eigenvalue weighted by molar-refractivity contribution is 5.85. The third-order valence-corrected chi connectivity index (χ3v) is 2.58. The first-order valence-corrected chi connectivity index (χ1v) is 5.20. The number of nitrogens with zero attached hydrogens (tertiary/aromatic N) is 1. The monoisotopic (exact) mass is 214 g/mol. The molecule has 1 aliphatic heterocycles. The van der Waals surface area contributed by atoms with Crippen LogP contribution < -0.4 is 5.32 Å². The predicted molar refractivity (Wildman–Crippen MR) is 55.3 cm³/mol. The van der Waals surface area contributed by atoms with E-state index in [1.807, 2.05) is 0 Å². The molecule has 0 radical (unpaired) electrons. The molecule has 1 unspecified atom stereocenters. The molecule has 0 aromatic rings. The van der Waals surface area contributed by atoms with Gasteiger partial charge >= 0.3 is 5.97 Å². The van der Waals surface area contributed by atoms with E-state index in [0.717, 1.165) is 25.8 Å². The molecular formula is C10H18N2O3. The fraction of sp³-hybridized carbons (Fsp3) is 0.800. The third kappa shape index (κ3) is 3.51. The summed E-state index contributed by atoms with van der Waals surface area (Å²) in [5, 5.41) is 3.15. The molecule has 1 saturated heterocycles. The Morgan fingerprint density at radius 3 is 2.73 bits per heavy atom. The maximum Gasteiger partial charge on any atom is 0.325 e. The van der Waals surface area contributed by atoms with E-state index in [2.05, 4.69) is 10.1 Å². The summed E-state index contributed by atoms with van der Waals surface area (Å²) in [7, 11) is 2.94. The minimum absolute atomic E-state index is 0.0213. The minimum atomic E-state index is -0.387. The van der Waals surface area contributed by atoms with Gasteiger partial charge < -0.3 is 15.0 Å². The average Bonchev–Trinajstić information content (AvgIpc) is 2.29. The number of amides is 1. The molecule has 15 heavy (non-hydrogen) atoms. The summed E-state index contributed by atoms with van der Waals surface area (Å²) in [6, 6.07) is -0.131. The van der Waals surface area contributed by atoms with Crippen molar-refractivity contribution in [3.63, 3.8) is 0 Å². The molecule has 0 bridgehead atoms. The molecule has 0 aromatic heterocycles. The number of nitrogens with one attached hydrogen (secondary N) is 1. The largest absolute Gasteiger partial charge is 0.468 e. The van der Waals surface area contributed by atoms with E-state index < -0.39 is 0 Å². The van der Waals surface area contributed by atoms with Crippen molar-refractivity contribution in [1.29, 1.82) is 0 Å². The Morgan fingerprint density at radius 1 is 1.47 bits per heavy atom. The lowest BCUT2D eigenvalue weighted by molar-refractivity contribution is -0.146. The maximum atomic E-state index is 11.8. The molecule has 1 atom stereocenters. The van der Waals surface area contributed by atoms with Crippen LogP contribution in [0.5, 0.6) is 0 Å². The zero-order valence-corrected chi connectivity index (χ0v) is 9.28. The van der Waals surface area contributed by atoms with Crippen LogP contribution >= 0.6 is 0 Å². The van der Waals surface area contributed by atoms with Crippen molar-refractivity contribution in [3.05, 3.63) is 0 Å². The highest BCUT2D eigenvalue weighted by Crippen LogP contribution is 2.08. The molecule has 1 rings (SSSR count). The number of ether oxygens (including phenoxy) is 1. The van der Waals surface area contributed by atoms with Crippen LogP contribution in [0.3, 0.4) is 0 Å². The van der Waals surface area contributed by atoms with E-state index in [0.29, 0.717) is 0 Å². The number of esters is 1. The Morgan fingerprint density at radius 2 is 2.20 bits per heavy atom. The fourth-order valence-corrected chi connectivity index (χ4v) is 1.66. The van der Waals surface area contributed by atoms with E-state index in [4.69, 9.17) is 0 Å². The first-order chi connectivity index (χ1) is 7.15. The van der Waals surface area contributed by atoms with Gasteiger partial charge in [-0.25, -0.2) is 0 Å². The van der Waals surface area contributed by atoms with Gasteiger partial charge in [-0.3, -0.25) is 9.59 Å². The van der Waals surface area contributed by atoms with Crippen LogP contribution in [0.2, 0.25) is 0 Å². The van der Waals surface area contributed by atoms with Gasteiger partial charge in [-0.05, 0) is 19.4 Å². The number of likely N-dealkylation sites (N-methyl/N-ethyl adjacent to an activating group) is 1. The first-order valence-electron chi connectivity index (χ1n) is 5.20. The molecule has 0 spiro atoms. The Bertz CT molecular complexity index is 237. The molecule has 1 amide bonds. The molecule has 1 heterocycles. The smallest absolute Gasteiger partial charge is 0.325 e. The second-order valence-electron chi connectivity index (χ2n) is 3.77. The lowest BCUT2D eigenvalue weighted by atomic mass is 10.0. The molecule has 1 aliphatic rings. The number of rotatable bonds is 3. The second kappa shape index (κ2) is 5.70. The summed E-state index contributed by atoms with van der Waals surface area (Å²) in [4.78, 5) is 24.2. The van der Waals surface area contributed by atoms with Crippen molar-refractivity contribution in [3.8, 4) is 0 Å². The zero-order chi connectivity index (χ0) is 11.3. The molecular weight excluding hydrogens is 196 g/mol. The maximum absolute atomic E-state index is 11.8. The molecule has 5 nitrogen and oxygen atoms in total. The van der Waals surface area contributed by atoms with Crippen LogP contribution in [-0.4, -0.2) is 50.1 Å². The molecule has 0 saturated carbocycles. The topological polar surface area (TPSA) is 58.6 Å². The van der Waals surface area contributed by atoms with E-state index >= 15 is 0 Å². The summed E-state index contributed by atoms with van der Waals surface area (Å²) in [5.41, 5.74) is 0. The van der Waals surface area contributed by atoms with Crippen molar-refractivity contribution in [1.82, 2.24) is 10.2 Å². The highest BCUT2D eigenvalue weighted by atomic mass is 16.5. The third-order valence-electron chi connectivity index (χ3n) is 2.58. The van der Waals surface area contributed by atoms with Crippen LogP contribution in [0.15, 0.2) is 0 Å². The van der Waals surface area contributed by atoms with Gasteiger partial charge in [-0.1, -0.05) is 6.42 Å². The number of piperidine rings is 1. The van der Waals surface area contributed by atoms with Crippen LogP contribution in [0.25, 0.3) is 0 Å². The normalized spacial score (nSPS) is 20.8. The molecule has 86 valence electrons. The van der Waals surface area contributed by atoms with Crippen LogP contribution in [-0.2, 0) is 14.3 Å². The van der Waals surface area contributed by atoms with E-state index in [1.54, 1.807) is 7.05 Å². The fourth-order valence-electron chi connectivity index (χ4n) is 1.66. The van der Waals surface area contributed by atoms with Crippen molar-refractivity contribution in [2.24, 2.45) is 0 Å². The van der Waals surface area contributed by atoms with Gasteiger partial charge in [0.25, 0.3) is 0 Å². The predicted octanol–water partition coefficient (Wildman–Crippen LogP) is -0.240. The number of hydrogen-bond acceptors (Lipinski definition) is 4. The van der Waals surface area contributed by atoms with E-state index in [-0.39, 0.29) is 24.5 Å². The van der Waals surface area contributed by atoms with Crippen molar-refractivity contribution in [2.45, 2.75) is 25.3 Å². The quantitative estimate of drug-likeness (QED) is 0.659. The molecule has 0 aliphatic carbocycles. The standard InChI is InChI=1S/C10H18N2O3/c1-12(7-9(13)15-2)10(14)8-5-3-4-6-11-8/h8,11H,3-7H2,1-2H3. The number of carbonyl (C=O) groups is 2. The van der Waals surface area contributed by atoms with Crippen LogP contribution in [0.1, 0.15) is 19.3 Å². The number of hydrogen-bond donors (Lipinski definition) is 1. The van der Waals surface area contributed by atoms with Gasteiger partial charge in [0.15, 0.2) is 0 Å². The number of carbonyl (C=O) groups excluding carboxylic acids is 2. The Kier molecular flexibility index (Phi) is 4.55. The molecule has 0 aromatic carbocycles. The Hall–Kier alpha value is -1.10.